The first-order valence-electron chi connectivity index (χ1n) is 9.00. The number of halogens is 4. The lowest BCUT2D eigenvalue weighted by molar-refractivity contribution is 0.0694. The summed E-state index contributed by atoms with van der Waals surface area (Å²) >= 11 is 18.0. The summed E-state index contributed by atoms with van der Waals surface area (Å²) in [6.45, 7) is 0.410. The summed E-state index contributed by atoms with van der Waals surface area (Å²) in [5.74, 6) is -0.861. The molecule has 0 N–H and O–H groups in total. The smallest absolute Gasteiger partial charge is 0.282 e. The maximum absolute atomic E-state index is 14.0. The van der Waals surface area contributed by atoms with Crippen LogP contribution in [-0.2, 0) is 16.8 Å². The van der Waals surface area contributed by atoms with Gasteiger partial charge >= 0.3 is 0 Å². The molecule has 1 aliphatic rings. The Balaban J connectivity index is 1.66. The van der Waals surface area contributed by atoms with E-state index in [0.29, 0.717) is 10.6 Å². The van der Waals surface area contributed by atoms with E-state index in [0.717, 1.165) is 4.31 Å². The quantitative estimate of drug-likeness (QED) is 0.633. The molecule has 2 aromatic rings. The minimum absolute atomic E-state index is 0.106. The monoisotopic (exact) mass is 493 g/mol. The van der Waals surface area contributed by atoms with Crippen LogP contribution in [0, 0.1) is 5.82 Å². The minimum Gasteiger partial charge on any atom is -0.336 e. The third kappa shape index (κ3) is 4.90. The van der Waals surface area contributed by atoms with Crippen LogP contribution in [0.5, 0.6) is 0 Å². The first-order valence-corrected chi connectivity index (χ1v) is 11.5. The van der Waals surface area contributed by atoms with E-state index < -0.39 is 16.0 Å². The molecule has 0 saturated carbocycles. The van der Waals surface area contributed by atoms with Gasteiger partial charge in [0.2, 0.25) is 0 Å². The molecule has 1 fully saturated rings. The van der Waals surface area contributed by atoms with Crippen molar-refractivity contribution in [2.24, 2.45) is 0 Å². The van der Waals surface area contributed by atoms with E-state index in [-0.39, 0.29) is 54.2 Å². The van der Waals surface area contributed by atoms with E-state index in [4.69, 9.17) is 34.8 Å². The minimum atomic E-state index is -3.86. The molecule has 0 unspecified atom stereocenters. The van der Waals surface area contributed by atoms with Gasteiger partial charge in [0.05, 0.1) is 10.6 Å². The Morgan fingerprint density at radius 3 is 2.33 bits per heavy atom. The fraction of sp³-hybridized carbons (Fsp3) is 0.316. The summed E-state index contributed by atoms with van der Waals surface area (Å²) in [5.41, 5.74) is 0.417. The van der Waals surface area contributed by atoms with Gasteiger partial charge in [-0.25, -0.2) is 4.39 Å². The van der Waals surface area contributed by atoms with Crippen LogP contribution in [0.2, 0.25) is 15.1 Å². The van der Waals surface area contributed by atoms with Gasteiger partial charge in [-0.05, 0) is 30.3 Å². The fourth-order valence-corrected chi connectivity index (χ4v) is 5.16. The Labute approximate surface area is 189 Å². The van der Waals surface area contributed by atoms with Crippen LogP contribution in [0.25, 0.3) is 0 Å². The lowest BCUT2D eigenvalue weighted by Gasteiger charge is -2.36. The van der Waals surface area contributed by atoms with Crippen molar-refractivity contribution >= 4 is 50.9 Å². The van der Waals surface area contributed by atoms with Crippen LogP contribution in [0.15, 0.2) is 36.4 Å². The molecule has 1 aliphatic heterocycles. The lowest BCUT2D eigenvalue weighted by atomic mass is 10.2. The number of carbonyl (C=O) groups is 1. The number of benzene rings is 2. The van der Waals surface area contributed by atoms with E-state index >= 15 is 0 Å². The van der Waals surface area contributed by atoms with Gasteiger partial charge in [-0.15, -0.1) is 0 Å². The molecule has 0 radical (unpaired) electrons. The van der Waals surface area contributed by atoms with E-state index in [1.807, 2.05) is 0 Å². The third-order valence-electron chi connectivity index (χ3n) is 4.85. The average molecular weight is 495 g/mol. The van der Waals surface area contributed by atoms with Crippen molar-refractivity contribution in [3.05, 3.63) is 68.4 Å². The van der Waals surface area contributed by atoms with Crippen molar-refractivity contribution in [3.8, 4) is 0 Å². The highest BCUT2D eigenvalue weighted by Crippen LogP contribution is 2.25. The summed E-state index contributed by atoms with van der Waals surface area (Å²) in [5, 5.41) is 0.821. The number of piperazine rings is 1. The zero-order chi connectivity index (χ0) is 22.1. The zero-order valence-electron chi connectivity index (χ0n) is 16.0. The van der Waals surface area contributed by atoms with Crippen molar-refractivity contribution in [2.45, 2.75) is 6.54 Å². The summed E-state index contributed by atoms with van der Waals surface area (Å²) in [6, 6.07) is 8.80. The third-order valence-corrected chi connectivity index (χ3v) is 7.69. The largest absolute Gasteiger partial charge is 0.336 e. The van der Waals surface area contributed by atoms with Crippen molar-refractivity contribution in [1.29, 1.82) is 0 Å². The van der Waals surface area contributed by atoms with Gasteiger partial charge in [-0.3, -0.25) is 4.79 Å². The molecule has 1 amide bonds. The molecule has 6 nitrogen and oxygen atoms in total. The van der Waals surface area contributed by atoms with Gasteiger partial charge in [0.25, 0.3) is 16.1 Å². The second kappa shape index (κ2) is 9.38. The number of hydrogen-bond acceptors (Lipinski definition) is 3. The molecule has 3 rings (SSSR count). The Kier molecular flexibility index (Phi) is 7.27. The summed E-state index contributed by atoms with van der Waals surface area (Å²) < 4.78 is 42.1. The summed E-state index contributed by atoms with van der Waals surface area (Å²) in [7, 11) is -2.50. The van der Waals surface area contributed by atoms with Gasteiger partial charge in [0, 0.05) is 55.4 Å². The van der Waals surface area contributed by atoms with Gasteiger partial charge in [-0.1, -0.05) is 40.9 Å². The van der Waals surface area contributed by atoms with Crippen LogP contribution in [0.1, 0.15) is 15.9 Å². The highest BCUT2D eigenvalue weighted by molar-refractivity contribution is 7.86. The highest BCUT2D eigenvalue weighted by atomic mass is 35.5. The molecule has 0 atom stereocenters. The zero-order valence-corrected chi connectivity index (χ0v) is 19.1. The molecule has 0 aliphatic carbocycles. The Hall–Kier alpha value is -1.42. The molecule has 162 valence electrons. The second-order valence-electron chi connectivity index (χ2n) is 6.78. The molecule has 2 aromatic carbocycles. The van der Waals surface area contributed by atoms with E-state index in [1.54, 1.807) is 12.1 Å². The van der Waals surface area contributed by atoms with Crippen LogP contribution < -0.4 is 0 Å². The Morgan fingerprint density at radius 2 is 1.73 bits per heavy atom. The van der Waals surface area contributed by atoms with Crippen LogP contribution in [0.3, 0.4) is 0 Å². The van der Waals surface area contributed by atoms with Crippen molar-refractivity contribution in [3.63, 3.8) is 0 Å². The number of nitrogens with zero attached hydrogens (tertiary/aromatic N) is 3. The van der Waals surface area contributed by atoms with Gasteiger partial charge < -0.3 is 4.90 Å². The first-order chi connectivity index (χ1) is 14.1. The predicted molar refractivity (Wildman–Crippen MR) is 116 cm³/mol. The summed E-state index contributed by atoms with van der Waals surface area (Å²) in [6.07, 6.45) is 0. The lowest BCUT2D eigenvalue weighted by Crippen LogP contribution is -2.53. The number of hydrogen-bond donors (Lipinski definition) is 0. The van der Waals surface area contributed by atoms with Crippen LogP contribution in [-0.4, -0.2) is 61.1 Å². The normalized spacial score (nSPS) is 15.6. The SMILES string of the molecule is CN(Cc1c(F)cccc1Cl)S(=O)(=O)N1CCN(C(=O)c2ccc(Cl)cc2Cl)CC1. The molecule has 11 heteroatoms. The topological polar surface area (TPSA) is 60.9 Å². The van der Waals surface area contributed by atoms with Crippen LogP contribution in [0.4, 0.5) is 4.39 Å². The molecule has 30 heavy (non-hydrogen) atoms. The van der Waals surface area contributed by atoms with Gasteiger partial charge in [-0.2, -0.15) is 17.0 Å². The first kappa shape index (κ1) is 23.2. The maximum Gasteiger partial charge on any atom is 0.282 e. The van der Waals surface area contributed by atoms with E-state index in [1.165, 1.54) is 40.5 Å². The highest BCUT2D eigenvalue weighted by Gasteiger charge is 2.33. The predicted octanol–water partition coefficient (Wildman–Crippen LogP) is 3.92. The second-order valence-corrected chi connectivity index (χ2v) is 10.1. The molecule has 0 aromatic heterocycles. The summed E-state index contributed by atoms with van der Waals surface area (Å²) in [4.78, 5) is 14.2. The van der Waals surface area contributed by atoms with Crippen molar-refractivity contribution in [1.82, 2.24) is 13.5 Å². The Bertz CT molecular complexity index is 1040. The number of rotatable bonds is 5. The number of carbonyl (C=O) groups excluding carboxylic acids is 1. The van der Waals surface area contributed by atoms with Crippen molar-refractivity contribution in [2.75, 3.05) is 33.2 Å². The van der Waals surface area contributed by atoms with Crippen molar-refractivity contribution < 1.29 is 17.6 Å². The van der Waals surface area contributed by atoms with E-state index in [2.05, 4.69) is 0 Å². The number of amides is 1. The fourth-order valence-electron chi connectivity index (χ4n) is 3.14. The Morgan fingerprint density at radius 1 is 1.07 bits per heavy atom. The van der Waals surface area contributed by atoms with Crippen LogP contribution >= 0.6 is 34.8 Å². The standard InChI is InChI=1S/C19H19Cl3FN3O3S/c1-24(12-15-16(21)3-2-4-18(15)23)30(28,29)26-9-7-25(8-10-26)19(27)14-6-5-13(20)11-17(14)22/h2-6,11H,7-10,12H2,1H3. The van der Waals surface area contributed by atoms with E-state index in [9.17, 15) is 17.6 Å². The van der Waals surface area contributed by atoms with Gasteiger partial charge in [0.15, 0.2) is 0 Å². The molecule has 0 bridgehead atoms. The average Bonchev–Trinajstić information content (AvgIpc) is 2.70. The molecule has 0 spiro atoms. The molecular formula is C19H19Cl3FN3O3S. The molecule has 1 saturated heterocycles. The molecular weight excluding hydrogens is 476 g/mol. The van der Waals surface area contributed by atoms with Gasteiger partial charge in [0.1, 0.15) is 5.82 Å². The molecule has 1 heterocycles. The maximum atomic E-state index is 14.0.